The van der Waals surface area contributed by atoms with Gasteiger partial charge < -0.3 is 9.88 Å². The smallest absolute Gasteiger partial charge is 0.260 e. The monoisotopic (exact) mass is 386 g/mol. The number of H-pyrrole nitrogens is 1. The summed E-state index contributed by atoms with van der Waals surface area (Å²) >= 11 is 1.68. The number of rotatable bonds is 4. The van der Waals surface area contributed by atoms with Gasteiger partial charge in [0.25, 0.3) is 5.56 Å². The van der Waals surface area contributed by atoms with Crippen molar-refractivity contribution in [3.8, 4) is 0 Å². The largest absolute Gasteiger partial charge is 0.325 e. The number of thiophene rings is 1. The molecular formula is C21H25FN3OS+. The molecule has 0 amide bonds. The highest BCUT2D eigenvalue weighted by Crippen LogP contribution is 2.35. The molecule has 142 valence electrons. The van der Waals surface area contributed by atoms with E-state index in [0.29, 0.717) is 5.92 Å². The zero-order valence-corrected chi connectivity index (χ0v) is 16.8. The van der Waals surface area contributed by atoms with Crippen LogP contribution in [0.5, 0.6) is 0 Å². The van der Waals surface area contributed by atoms with E-state index in [1.54, 1.807) is 23.5 Å². The van der Waals surface area contributed by atoms with Crippen LogP contribution in [0.2, 0.25) is 0 Å². The number of quaternary nitrogens is 1. The summed E-state index contributed by atoms with van der Waals surface area (Å²) in [7, 11) is 2.07. The summed E-state index contributed by atoms with van der Waals surface area (Å²) in [6.07, 6.45) is 3.17. The van der Waals surface area contributed by atoms with E-state index in [9.17, 15) is 9.18 Å². The van der Waals surface area contributed by atoms with Gasteiger partial charge in [-0.3, -0.25) is 4.79 Å². The molecule has 3 aromatic rings. The van der Waals surface area contributed by atoms with Crippen LogP contribution in [0.15, 0.2) is 29.1 Å². The molecule has 1 unspecified atom stereocenters. The van der Waals surface area contributed by atoms with E-state index in [4.69, 9.17) is 4.98 Å². The molecule has 0 bridgehead atoms. The number of benzene rings is 1. The molecule has 0 radical (unpaired) electrons. The maximum atomic E-state index is 13.1. The first-order valence-electron chi connectivity index (χ1n) is 9.53. The van der Waals surface area contributed by atoms with Crippen LogP contribution < -0.4 is 10.5 Å². The zero-order chi connectivity index (χ0) is 19.1. The Kier molecular flexibility index (Phi) is 4.86. The number of halogens is 1. The molecule has 1 aromatic carbocycles. The predicted molar refractivity (Wildman–Crippen MR) is 107 cm³/mol. The highest BCUT2D eigenvalue weighted by Gasteiger charge is 2.25. The first kappa shape index (κ1) is 18.3. The van der Waals surface area contributed by atoms with Crippen LogP contribution >= 0.6 is 11.3 Å². The normalized spacial score (nSPS) is 19.0. The Balaban J connectivity index is 1.63. The van der Waals surface area contributed by atoms with Crippen molar-refractivity contribution in [3.63, 3.8) is 0 Å². The summed E-state index contributed by atoms with van der Waals surface area (Å²) in [5.41, 5.74) is 2.27. The van der Waals surface area contributed by atoms with Gasteiger partial charge in [-0.15, -0.1) is 11.3 Å². The minimum absolute atomic E-state index is 0.0107. The molecule has 2 aromatic heterocycles. The lowest BCUT2D eigenvalue weighted by atomic mass is 9.89. The molecule has 0 fully saturated rings. The lowest BCUT2D eigenvalue weighted by Gasteiger charge is -2.21. The van der Waals surface area contributed by atoms with Crippen molar-refractivity contribution in [2.24, 2.45) is 5.92 Å². The lowest BCUT2D eigenvalue weighted by Crippen LogP contribution is -3.07. The van der Waals surface area contributed by atoms with Gasteiger partial charge in [-0.25, -0.2) is 9.37 Å². The third-order valence-corrected chi connectivity index (χ3v) is 6.88. The average Bonchev–Trinajstić information content (AvgIpc) is 3.00. The van der Waals surface area contributed by atoms with Crippen molar-refractivity contribution < 1.29 is 9.29 Å². The second-order valence-corrected chi connectivity index (χ2v) is 8.94. The summed E-state index contributed by atoms with van der Waals surface area (Å²) < 4.78 is 13.1. The number of hydrogen-bond donors (Lipinski definition) is 2. The molecule has 0 saturated carbocycles. The van der Waals surface area contributed by atoms with E-state index < -0.39 is 0 Å². The molecule has 3 atom stereocenters. The first-order chi connectivity index (χ1) is 12.9. The van der Waals surface area contributed by atoms with Crippen LogP contribution in [0.4, 0.5) is 4.39 Å². The second kappa shape index (κ2) is 7.17. The van der Waals surface area contributed by atoms with Crippen molar-refractivity contribution in [1.82, 2.24) is 9.97 Å². The highest BCUT2D eigenvalue weighted by atomic mass is 32.1. The van der Waals surface area contributed by atoms with E-state index in [1.165, 1.54) is 27.5 Å². The van der Waals surface area contributed by atoms with E-state index >= 15 is 0 Å². The standard InChI is InChI=1S/C21H24FN3OS/c1-12-4-9-16-17(10-12)27-21-18(16)20(26)23-19(24-21)13(2)25(3)11-14-5-7-15(22)8-6-14/h5-8,12-13H,4,9-11H2,1-3H3,(H,23,24,26)/p+1/t12-,13-/m1/s1. The fourth-order valence-electron chi connectivity index (χ4n) is 3.88. The molecule has 4 nitrogen and oxygen atoms in total. The molecule has 1 aliphatic rings. The number of hydrogen-bond acceptors (Lipinski definition) is 3. The van der Waals surface area contributed by atoms with Crippen LogP contribution in [-0.2, 0) is 19.4 Å². The minimum atomic E-state index is -0.225. The van der Waals surface area contributed by atoms with Crippen molar-refractivity contribution in [2.45, 2.75) is 45.7 Å². The van der Waals surface area contributed by atoms with Gasteiger partial charge in [0.2, 0.25) is 0 Å². The van der Waals surface area contributed by atoms with Gasteiger partial charge in [0, 0.05) is 10.4 Å². The maximum Gasteiger partial charge on any atom is 0.260 e. The van der Waals surface area contributed by atoms with Gasteiger partial charge in [-0.05, 0) is 49.8 Å². The fraction of sp³-hybridized carbons (Fsp3) is 0.429. The summed E-state index contributed by atoms with van der Waals surface area (Å²) in [6, 6.07) is 6.61. The quantitative estimate of drug-likeness (QED) is 0.724. The zero-order valence-electron chi connectivity index (χ0n) is 15.9. The molecule has 0 spiro atoms. The van der Waals surface area contributed by atoms with Gasteiger partial charge in [0.1, 0.15) is 23.2 Å². The van der Waals surface area contributed by atoms with Crippen LogP contribution in [0, 0.1) is 11.7 Å². The Morgan fingerprint density at radius 2 is 2.11 bits per heavy atom. The average molecular weight is 387 g/mol. The number of aryl methyl sites for hydroxylation is 1. The Bertz CT molecular complexity index is 1020. The SMILES string of the molecule is C[C@@H]1CCc2c(sc3nc([C@@H](C)[NH+](C)Cc4ccc(F)cc4)[nH]c(=O)c23)C1. The first-order valence-corrected chi connectivity index (χ1v) is 10.3. The second-order valence-electron chi connectivity index (χ2n) is 7.85. The van der Waals surface area contributed by atoms with Crippen LogP contribution in [0.25, 0.3) is 10.2 Å². The summed E-state index contributed by atoms with van der Waals surface area (Å²) in [5.74, 6) is 1.17. The Hall–Kier alpha value is -2.05. The molecule has 4 rings (SSSR count). The molecule has 0 aliphatic heterocycles. The molecule has 2 N–H and O–H groups in total. The van der Waals surface area contributed by atoms with Crippen molar-refractivity contribution in [1.29, 1.82) is 0 Å². The van der Waals surface area contributed by atoms with Crippen LogP contribution in [0.3, 0.4) is 0 Å². The summed E-state index contributed by atoms with van der Waals surface area (Å²) in [6.45, 7) is 5.08. The van der Waals surface area contributed by atoms with Crippen LogP contribution in [-0.4, -0.2) is 17.0 Å². The molecule has 1 aliphatic carbocycles. The Morgan fingerprint density at radius 3 is 2.85 bits per heavy atom. The topological polar surface area (TPSA) is 50.2 Å². The van der Waals surface area contributed by atoms with Gasteiger partial charge in [-0.1, -0.05) is 19.1 Å². The fourth-order valence-corrected chi connectivity index (χ4v) is 5.27. The predicted octanol–water partition coefficient (Wildman–Crippen LogP) is 3.02. The summed E-state index contributed by atoms with van der Waals surface area (Å²) in [5, 5.41) is 0.800. The van der Waals surface area contributed by atoms with Crippen LogP contribution in [0.1, 0.15) is 48.1 Å². The molecule has 27 heavy (non-hydrogen) atoms. The molecule has 2 heterocycles. The van der Waals surface area contributed by atoms with Crippen molar-refractivity contribution in [2.75, 3.05) is 7.05 Å². The third-order valence-electron chi connectivity index (χ3n) is 5.73. The van der Waals surface area contributed by atoms with Gasteiger partial charge >= 0.3 is 0 Å². The van der Waals surface area contributed by atoms with E-state index in [2.05, 4.69) is 25.9 Å². The Labute approximate surface area is 162 Å². The molecular weight excluding hydrogens is 361 g/mol. The Morgan fingerprint density at radius 1 is 1.37 bits per heavy atom. The van der Waals surface area contributed by atoms with Gasteiger partial charge in [0.05, 0.1) is 12.4 Å². The van der Waals surface area contributed by atoms with Gasteiger partial charge in [0.15, 0.2) is 5.82 Å². The molecule has 0 saturated heterocycles. The van der Waals surface area contributed by atoms with E-state index in [-0.39, 0.29) is 17.4 Å². The molecule has 6 heteroatoms. The number of nitrogens with zero attached hydrogens (tertiary/aromatic N) is 1. The number of aromatic nitrogens is 2. The van der Waals surface area contributed by atoms with E-state index in [0.717, 1.165) is 47.4 Å². The van der Waals surface area contributed by atoms with Gasteiger partial charge in [-0.2, -0.15) is 0 Å². The summed E-state index contributed by atoms with van der Waals surface area (Å²) in [4.78, 5) is 24.0. The highest BCUT2D eigenvalue weighted by molar-refractivity contribution is 7.18. The maximum absolute atomic E-state index is 13.1. The lowest BCUT2D eigenvalue weighted by molar-refractivity contribution is -0.924. The minimum Gasteiger partial charge on any atom is -0.325 e. The third kappa shape index (κ3) is 3.56. The number of fused-ring (bicyclic) bond motifs is 3. The van der Waals surface area contributed by atoms with E-state index in [1.807, 2.05) is 0 Å². The number of aromatic amines is 1. The number of nitrogens with one attached hydrogen (secondary N) is 2. The van der Waals surface area contributed by atoms with Crippen molar-refractivity contribution >= 4 is 21.6 Å². The van der Waals surface area contributed by atoms with Crippen molar-refractivity contribution in [3.05, 3.63) is 62.3 Å².